The minimum atomic E-state index is -0.271. The molecule has 5 nitrogen and oxygen atoms in total. The van der Waals surface area contributed by atoms with Crippen LogP contribution in [-0.4, -0.2) is 10.6 Å². The molecule has 3 heterocycles. The van der Waals surface area contributed by atoms with Crippen LogP contribution < -0.4 is 9.64 Å². The highest BCUT2D eigenvalue weighted by atomic mass is 16.5. The van der Waals surface area contributed by atoms with Gasteiger partial charge in [0.05, 0.1) is 46.2 Å². The number of allylic oxidation sites excluding steroid dienone is 5. The van der Waals surface area contributed by atoms with Gasteiger partial charge in [-0.3, -0.25) is 0 Å². The van der Waals surface area contributed by atoms with Crippen LogP contribution in [0.15, 0.2) is 138 Å². The molecule has 9 rings (SSSR count). The molecule has 0 saturated heterocycles. The zero-order chi connectivity index (χ0) is 34.8. The van der Waals surface area contributed by atoms with Crippen LogP contribution in [0.2, 0.25) is 0 Å². The number of benzene rings is 4. The van der Waals surface area contributed by atoms with Crippen molar-refractivity contribution in [2.45, 2.75) is 38.3 Å². The second-order valence-electron chi connectivity index (χ2n) is 13.9. The van der Waals surface area contributed by atoms with Crippen molar-refractivity contribution in [3.8, 4) is 47.0 Å². The average Bonchev–Trinajstić information content (AvgIpc) is 3.80. The van der Waals surface area contributed by atoms with Crippen molar-refractivity contribution in [2.75, 3.05) is 4.90 Å². The van der Waals surface area contributed by atoms with E-state index < -0.39 is 0 Å². The highest BCUT2D eigenvalue weighted by molar-refractivity contribution is 5.96. The van der Waals surface area contributed by atoms with Gasteiger partial charge in [0.25, 0.3) is 0 Å². The van der Waals surface area contributed by atoms with E-state index in [4.69, 9.17) is 11.2 Å². The van der Waals surface area contributed by atoms with Gasteiger partial charge in [0.2, 0.25) is 0 Å². The summed E-state index contributed by atoms with van der Waals surface area (Å²) in [6.45, 7) is 4.44. The summed E-state index contributed by atoms with van der Waals surface area (Å²) < 4.78 is 8.96. The summed E-state index contributed by atoms with van der Waals surface area (Å²) in [6.07, 6.45) is 17.7. The maximum absolute atomic E-state index is 10.1. The molecule has 2 aliphatic heterocycles. The third-order valence-electron chi connectivity index (χ3n) is 11.0. The second-order valence-corrected chi connectivity index (χ2v) is 13.9. The van der Waals surface area contributed by atoms with Crippen LogP contribution in [0.3, 0.4) is 0 Å². The van der Waals surface area contributed by atoms with E-state index in [0.717, 1.165) is 56.8 Å². The van der Waals surface area contributed by atoms with Gasteiger partial charge in [-0.1, -0.05) is 92.6 Å². The molecule has 4 aromatic carbocycles. The number of hydrogen-bond acceptors (Lipinski definition) is 4. The first-order valence-electron chi connectivity index (χ1n) is 17.5. The third kappa shape index (κ3) is 4.69. The molecule has 51 heavy (non-hydrogen) atoms. The lowest BCUT2D eigenvalue weighted by Gasteiger charge is -2.33. The molecular formula is C46H34N4O. The Balaban J connectivity index is 1.25. The van der Waals surface area contributed by atoms with Gasteiger partial charge in [-0.05, 0) is 72.0 Å². The summed E-state index contributed by atoms with van der Waals surface area (Å²) >= 11 is 0. The predicted octanol–water partition coefficient (Wildman–Crippen LogP) is 10.1. The molecule has 0 radical (unpaired) electrons. The van der Waals surface area contributed by atoms with Gasteiger partial charge in [-0.2, -0.15) is 10.5 Å². The summed E-state index contributed by atoms with van der Waals surface area (Å²) in [5.74, 6) is 4.51. The van der Waals surface area contributed by atoms with E-state index in [1.165, 1.54) is 16.8 Å². The monoisotopic (exact) mass is 658 g/mol. The number of nitriles is 2. The van der Waals surface area contributed by atoms with E-state index in [2.05, 4.69) is 114 Å². The van der Waals surface area contributed by atoms with Crippen molar-refractivity contribution in [2.24, 2.45) is 11.8 Å². The first kappa shape index (κ1) is 30.6. The number of anilines is 1. The van der Waals surface area contributed by atoms with Gasteiger partial charge in [-0.15, -0.1) is 6.42 Å². The van der Waals surface area contributed by atoms with Crippen LogP contribution in [0.5, 0.6) is 5.75 Å². The van der Waals surface area contributed by atoms with Gasteiger partial charge in [0.15, 0.2) is 0 Å². The van der Waals surface area contributed by atoms with Crippen molar-refractivity contribution in [1.82, 2.24) is 4.57 Å². The fourth-order valence-corrected chi connectivity index (χ4v) is 8.60. The molecule has 5 atom stereocenters. The van der Waals surface area contributed by atoms with Gasteiger partial charge >= 0.3 is 0 Å². The normalized spacial score (nSPS) is 22.8. The molecule has 1 aromatic heterocycles. The minimum Gasteiger partial charge on any atom is -0.483 e. The number of aromatic nitrogens is 1. The Morgan fingerprint density at radius 2 is 1.69 bits per heavy atom. The van der Waals surface area contributed by atoms with Gasteiger partial charge in [0.1, 0.15) is 11.9 Å². The number of hydrogen-bond donors (Lipinski definition) is 0. The Morgan fingerprint density at radius 3 is 2.47 bits per heavy atom. The van der Waals surface area contributed by atoms with Crippen molar-refractivity contribution >= 4 is 16.6 Å². The van der Waals surface area contributed by atoms with E-state index in [1.54, 1.807) is 0 Å². The number of para-hydroxylation sites is 2. The molecule has 4 aliphatic rings. The number of fused-ring (bicyclic) bond motifs is 4. The SMILES string of the molecule is C#Cc1c(C2Oc3ccccc3C2C)n(-c2ccccc2)c2ccc(-c3ccc(C#N)cc3N3C4=C(C=CC(C)C4)C4C=C(C#N)C=CC43)cc12. The number of rotatable bonds is 4. The molecule has 5 unspecified atom stereocenters. The molecule has 2 aliphatic carbocycles. The Bertz CT molecular complexity index is 2530. The Morgan fingerprint density at radius 1 is 0.863 bits per heavy atom. The summed E-state index contributed by atoms with van der Waals surface area (Å²) in [5, 5.41) is 20.8. The maximum Gasteiger partial charge on any atom is 0.147 e. The molecule has 5 heteroatoms. The fraction of sp³-hybridized carbons (Fsp3) is 0.174. The molecule has 0 amide bonds. The second kappa shape index (κ2) is 11.8. The van der Waals surface area contributed by atoms with E-state index in [0.29, 0.717) is 17.1 Å². The Kier molecular flexibility index (Phi) is 7.10. The van der Waals surface area contributed by atoms with Crippen molar-refractivity contribution in [3.05, 3.63) is 161 Å². The standard InChI is InChI=1S/C46H34N4O/c1-4-34-39-25-32(17-21-40(39)49(33-10-6-5-7-11-33)45(34)46-29(3)35-12-8-9-13-44(35)51-46)36-19-15-31(27-48)24-43(36)50-41-20-16-30(26-47)23-38(41)37-18-14-28(2)22-42(37)50/h1,5-21,23-25,28-29,38,41,46H,22H2,2-3H3. The summed E-state index contributed by atoms with van der Waals surface area (Å²) in [5.41, 5.74) is 11.8. The predicted molar refractivity (Wildman–Crippen MR) is 202 cm³/mol. The number of terminal acetylenes is 1. The topological polar surface area (TPSA) is 65.0 Å². The lowest BCUT2D eigenvalue weighted by Crippen LogP contribution is -2.34. The number of nitrogens with zero attached hydrogens (tertiary/aromatic N) is 4. The lowest BCUT2D eigenvalue weighted by atomic mass is 9.85. The smallest absolute Gasteiger partial charge is 0.147 e. The summed E-state index contributed by atoms with van der Waals surface area (Å²) in [7, 11) is 0. The molecule has 0 fully saturated rings. The van der Waals surface area contributed by atoms with Crippen molar-refractivity contribution < 1.29 is 4.74 Å². The molecule has 5 aromatic rings. The number of ether oxygens (including phenoxy) is 1. The van der Waals surface area contributed by atoms with E-state index in [1.807, 2.05) is 48.5 Å². The van der Waals surface area contributed by atoms with Gasteiger partial charge in [0, 0.05) is 45.3 Å². The lowest BCUT2D eigenvalue weighted by molar-refractivity contribution is 0.209. The molecular weight excluding hydrogens is 625 g/mol. The van der Waals surface area contributed by atoms with Crippen LogP contribution in [-0.2, 0) is 0 Å². The summed E-state index contributed by atoms with van der Waals surface area (Å²) in [6, 6.07) is 35.8. The molecule has 0 bridgehead atoms. The van der Waals surface area contributed by atoms with Gasteiger partial charge in [-0.25, -0.2) is 0 Å². The van der Waals surface area contributed by atoms with E-state index in [-0.39, 0.29) is 24.0 Å². The van der Waals surface area contributed by atoms with Crippen LogP contribution >= 0.6 is 0 Å². The zero-order valence-electron chi connectivity index (χ0n) is 28.4. The van der Waals surface area contributed by atoms with Crippen LogP contribution in [0, 0.1) is 46.8 Å². The maximum atomic E-state index is 10.1. The molecule has 244 valence electrons. The first-order chi connectivity index (χ1) is 25.0. The minimum absolute atomic E-state index is 0.00635. The first-order valence-corrected chi connectivity index (χ1v) is 17.5. The van der Waals surface area contributed by atoms with Crippen LogP contribution in [0.1, 0.15) is 54.7 Å². The van der Waals surface area contributed by atoms with Crippen molar-refractivity contribution in [1.29, 1.82) is 10.5 Å². The van der Waals surface area contributed by atoms with E-state index >= 15 is 0 Å². The fourth-order valence-electron chi connectivity index (χ4n) is 8.60. The highest BCUT2D eigenvalue weighted by Crippen LogP contribution is 2.51. The summed E-state index contributed by atoms with van der Waals surface area (Å²) in [4.78, 5) is 2.41. The Labute approximate surface area is 298 Å². The van der Waals surface area contributed by atoms with Crippen LogP contribution in [0.25, 0.3) is 27.7 Å². The average molecular weight is 659 g/mol. The van der Waals surface area contributed by atoms with E-state index in [9.17, 15) is 10.5 Å². The largest absolute Gasteiger partial charge is 0.483 e. The third-order valence-corrected chi connectivity index (χ3v) is 11.0. The van der Waals surface area contributed by atoms with Crippen molar-refractivity contribution in [3.63, 3.8) is 0 Å². The molecule has 0 N–H and O–H groups in total. The Hall–Kier alpha value is -6.48. The van der Waals surface area contributed by atoms with Gasteiger partial charge < -0.3 is 14.2 Å². The quantitative estimate of drug-likeness (QED) is 0.180. The highest BCUT2D eigenvalue weighted by Gasteiger charge is 2.42. The van der Waals surface area contributed by atoms with Crippen LogP contribution in [0.4, 0.5) is 5.69 Å². The molecule has 0 saturated carbocycles. The molecule has 0 spiro atoms. The zero-order valence-corrected chi connectivity index (χ0v) is 28.4.